The molecule has 2 rings (SSSR count). The Kier molecular flexibility index (Phi) is 3.91. The van der Waals surface area contributed by atoms with Crippen molar-refractivity contribution in [1.29, 1.82) is 0 Å². The van der Waals surface area contributed by atoms with Gasteiger partial charge in [-0.25, -0.2) is 17.9 Å². The van der Waals surface area contributed by atoms with Gasteiger partial charge in [-0.1, -0.05) is 19.1 Å². The van der Waals surface area contributed by atoms with E-state index in [1.54, 1.807) is 0 Å². The highest BCUT2D eigenvalue weighted by molar-refractivity contribution is 7.88. The van der Waals surface area contributed by atoms with Crippen LogP contribution in [0.15, 0.2) is 24.3 Å². The molecule has 0 radical (unpaired) electrons. The second-order valence-corrected chi connectivity index (χ2v) is 6.89. The number of aromatic carboxylic acids is 1. The van der Waals surface area contributed by atoms with E-state index in [0.717, 1.165) is 6.42 Å². The zero-order valence-corrected chi connectivity index (χ0v) is 11.5. The summed E-state index contributed by atoms with van der Waals surface area (Å²) in [6.45, 7) is 2.60. The second-order valence-electron chi connectivity index (χ2n) is 5.08. The van der Waals surface area contributed by atoms with E-state index < -0.39 is 16.0 Å². The molecule has 0 heterocycles. The molecule has 0 spiro atoms. The molecule has 5 nitrogen and oxygen atoms in total. The van der Waals surface area contributed by atoms with E-state index in [-0.39, 0.29) is 11.3 Å². The zero-order chi connectivity index (χ0) is 14.0. The molecule has 0 saturated heterocycles. The van der Waals surface area contributed by atoms with Gasteiger partial charge in [0.1, 0.15) is 0 Å². The number of benzene rings is 1. The van der Waals surface area contributed by atoms with Crippen molar-refractivity contribution in [2.45, 2.75) is 19.1 Å². The molecule has 6 heteroatoms. The lowest BCUT2D eigenvalue weighted by Crippen LogP contribution is -2.27. The summed E-state index contributed by atoms with van der Waals surface area (Å²) in [5.41, 5.74) is 0.738. The summed E-state index contributed by atoms with van der Waals surface area (Å²) in [6.07, 6.45) is 1.08. The van der Waals surface area contributed by atoms with Crippen LogP contribution in [-0.4, -0.2) is 26.0 Å². The fourth-order valence-electron chi connectivity index (χ4n) is 1.93. The Morgan fingerprint density at radius 1 is 1.37 bits per heavy atom. The van der Waals surface area contributed by atoms with E-state index in [2.05, 4.69) is 11.6 Å². The Bertz CT molecular complexity index is 565. The van der Waals surface area contributed by atoms with Crippen LogP contribution in [0.1, 0.15) is 29.3 Å². The molecule has 19 heavy (non-hydrogen) atoms. The Morgan fingerprint density at radius 3 is 2.42 bits per heavy atom. The molecule has 0 bridgehead atoms. The van der Waals surface area contributed by atoms with Gasteiger partial charge >= 0.3 is 5.97 Å². The van der Waals surface area contributed by atoms with Crippen molar-refractivity contribution in [1.82, 2.24) is 4.72 Å². The van der Waals surface area contributed by atoms with Crippen molar-refractivity contribution < 1.29 is 18.3 Å². The lowest BCUT2D eigenvalue weighted by Gasteiger charge is -2.06. The molecule has 0 aliphatic heterocycles. The van der Waals surface area contributed by atoms with E-state index in [1.165, 1.54) is 24.3 Å². The molecular weight excluding hydrogens is 266 g/mol. The minimum Gasteiger partial charge on any atom is -0.478 e. The van der Waals surface area contributed by atoms with Gasteiger partial charge in [-0.15, -0.1) is 0 Å². The molecule has 1 aromatic rings. The molecule has 104 valence electrons. The van der Waals surface area contributed by atoms with Crippen LogP contribution in [0, 0.1) is 11.8 Å². The maximum absolute atomic E-state index is 11.8. The van der Waals surface area contributed by atoms with Crippen molar-refractivity contribution in [2.24, 2.45) is 11.8 Å². The van der Waals surface area contributed by atoms with E-state index in [1.807, 2.05) is 0 Å². The van der Waals surface area contributed by atoms with Crippen molar-refractivity contribution >= 4 is 16.0 Å². The van der Waals surface area contributed by atoms with Crippen LogP contribution in [0.3, 0.4) is 0 Å². The van der Waals surface area contributed by atoms with Gasteiger partial charge in [0.15, 0.2) is 0 Å². The number of hydrogen-bond acceptors (Lipinski definition) is 3. The maximum atomic E-state index is 11.8. The minimum atomic E-state index is -3.34. The average molecular weight is 283 g/mol. The predicted molar refractivity (Wildman–Crippen MR) is 71.3 cm³/mol. The minimum absolute atomic E-state index is 0.117. The summed E-state index contributed by atoms with van der Waals surface area (Å²) in [7, 11) is -3.34. The fraction of sp³-hybridized carbons (Fsp3) is 0.462. The summed E-state index contributed by atoms with van der Waals surface area (Å²) in [5, 5.41) is 8.75. The van der Waals surface area contributed by atoms with Gasteiger partial charge in [-0.3, -0.25) is 0 Å². The Labute approximate surface area is 112 Å². The summed E-state index contributed by atoms with van der Waals surface area (Å²) in [4.78, 5) is 10.7. The smallest absolute Gasteiger partial charge is 0.335 e. The highest BCUT2D eigenvalue weighted by Crippen LogP contribution is 2.36. The van der Waals surface area contributed by atoms with Crippen molar-refractivity contribution in [3.8, 4) is 0 Å². The first-order valence-corrected chi connectivity index (χ1v) is 7.82. The van der Waals surface area contributed by atoms with Crippen LogP contribution in [0.25, 0.3) is 0 Å². The monoisotopic (exact) mass is 283 g/mol. The van der Waals surface area contributed by atoms with Crippen LogP contribution in [0.2, 0.25) is 0 Å². The molecule has 2 atom stereocenters. The van der Waals surface area contributed by atoms with Crippen LogP contribution in [0.5, 0.6) is 0 Å². The van der Waals surface area contributed by atoms with Gasteiger partial charge in [-0.2, -0.15) is 0 Å². The summed E-state index contributed by atoms with van der Waals surface area (Å²) in [6, 6.07) is 5.89. The van der Waals surface area contributed by atoms with Crippen molar-refractivity contribution in [3.05, 3.63) is 35.4 Å². The SMILES string of the molecule is CC1CC1CNS(=O)(=O)Cc1ccc(C(=O)O)cc1. The third kappa shape index (κ3) is 4.04. The predicted octanol–water partition coefficient (Wildman–Crippen LogP) is 1.46. The molecule has 1 fully saturated rings. The van der Waals surface area contributed by atoms with Crippen LogP contribution < -0.4 is 4.72 Å². The fourth-order valence-corrected chi connectivity index (χ4v) is 3.13. The van der Waals surface area contributed by atoms with E-state index >= 15 is 0 Å². The average Bonchev–Trinajstić information content (AvgIpc) is 3.03. The first-order valence-electron chi connectivity index (χ1n) is 6.17. The number of carboxylic acid groups (broad SMARTS) is 1. The third-order valence-corrected chi connectivity index (χ3v) is 4.72. The Hall–Kier alpha value is -1.40. The Morgan fingerprint density at radius 2 is 1.95 bits per heavy atom. The Balaban J connectivity index is 1.93. The van der Waals surface area contributed by atoms with Crippen LogP contribution >= 0.6 is 0 Å². The lowest BCUT2D eigenvalue weighted by molar-refractivity contribution is 0.0697. The van der Waals surface area contributed by atoms with E-state index in [4.69, 9.17) is 5.11 Å². The summed E-state index contributed by atoms with van der Waals surface area (Å²) < 4.78 is 26.3. The summed E-state index contributed by atoms with van der Waals surface area (Å²) in [5.74, 6) is -0.0643. The molecule has 2 N–H and O–H groups in total. The zero-order valence-electron chi connectivity index (χ0n) is 10.7. The quantitative estimate of drug-likeness (QED) is 0.828. The molecule has 1 aliphatic carbocycles. The normalized spacial score (nSPS) is 22.2. The lowest BCUT2D eigenvalue weighted by atomic mass is 10.1. The molecule has 1 aliphatic rings. The first-order chi connectivity index (χ1) is 8.87. The summed E-state index contributed by atoms with van der Waals surface area (Å²) >= 11 is 0. The van der Waals surface area contributed by atoms with Gasteiger partial charge < -0.3 is 5.11 Å². The number of nitrogens with one attached hydrogen (secondary N) is 1. The van der Waals surface area contributed by atoms with Gasteiger partial charge in [0.2, 0.25) is 10.0 Å². The van der Waals surface area contributed by atoms with Crippen LogP contribution in [0.4, 0.5) is 0 Å². The van der Waals surface area contributed by atoms with Crippen molar-refractivity contribution in [3.63, 3.8) is 0 Å². The third-order valence-electron chi connectivity index (χ3n) is 3.40. The standard InChI is InChI=1S/C13H17NO4S/c1-9-6-12(9)7-14-19(17,18)8-10-2-4-11(5-3-10)13(15)16/h2-5,9,12,14H,6-8H2,1H3,(H,15,16). The number of carboxylic acids is 1. The van der Waals surface area contributed by atoms with Crippen LogP contribution in [-0.2, 0) is 15.8 Å². The van der Waals surface area contributed by atoms with Gasteiger partial charge in [0.25, 0.3) is 0 Å². The maximum Gasteiger partial charge on any atom is 0.335 e. The number of carbonyl (C=O) groups is 1. The topological polar surface area (TPSA) is 83.5 Å². The van der Waals surface area contributed by atoms with Gasteiger partial charge in [0, 0.05) is 6.54 Å². The molecule has 0 amide bonds. The molecule has 1 aromatic carbocycles. The highest BCUT2D eigenvalue weighted by atomic mass is 32.2. The van der Waals surface area contributed by atoms with E-state index in [0.29, 0.717) is 23.9 Å². The van der Waals surface area contributed by atoms with Crippen molar-refractivity contribution in [2.75, 3.05) is 6.54 Å². The van der Waals surface area contributed by atoms with Gasteiger partial charge in [-0.05, 0) is 36.0 Å². The molecule has 2 unspecified atom stereocenters. The highest BCUT2D eigenvalue weighted by Gasteiger charge is 2.33. The number of hydrogen-bond donors (Lipinski definition) is 2. The van der Waals surface area contributed by atoms with E-state index in [9.17, 15) is 13.2 Å². The largest absolute Gasteiger partial charge is 0.478 e. The first kappa shape index (κ1) is 14.0. The molecule has 1 saturated carbocycles. The van der Waals surface area contributed by atoms with Gasteiger partial charge in [0.05, 0.1) is 11.3 Å². The number of sulfonamides is 1. The second kappa shape index (κ2) is 5.30. The molecule has 0 aromatic heterocycles. The number of rotatable bonds is 6. The molecular formula is C13H17NO4S.